The number of hydrogen-bond acceptors (Lipinski definition) is 2. The Bertz CT molecular complexity index is 589. The van der Waals surface area contributed by atoms with Crippen LogP contribution in [0.1, 0.15) is 26.4 Å². The lowest BCUT2D eigenvalue weighted by Gasteiger charge is -1.98. The highest BCUT2D eigenvalue weighted by Gasteiger charge is 2.16. The van der Waals surface area contributed by atoms with Gasteiger partial charge in [-0.3, -0.25) is 4.79 Å². The second kappa shape index (κ2) is 4.21. The Morgan fingerprint density at radius 3 is 2.53 bits per heavy atom. The van der Waals surface area contributed by atoms with Crippen LogP contribution in [0.2, 0.25) is 0 Å². The maximum Gasteiger partial charge on any atom is 0.352 e. The summed E-state index contributed by atoms with van der Waals surface area (Å²) in [5.74, 6) is -2.35. The summed E-state index contributed by atoms with van der Waals surface area (Å²) >= 11 is 0. The number of nitrogens with one attached hydrogen (secondary N) is 1. The van der Waals surface area contributed by atoms with Gasteiger partial charge in [0.25, 0.3) is 0 Å². The second-order valence-corrected chi connectivity index (χ2v) is 3.42. The maximum atomic E-state index is 13.3. The average Bonchev–Trinajstić information content (AvgIpc) is 2.78. The van der Waals surface area contributed by atoms with Crippen LogP contribution in [0.25, 0.3) is 0 Å². The van der Waals surface area contributed by atoms with E-state index in [0.29, 0.717) is 0 Å². The lowest BCUT2D eigenvalue weighted by atomic mass is 10.1. The number of rotatable bonds is 3. The minimum absolute atomic E-state index is 0.0801. The molecule has 2 aromatic rings. The van der Waals surface area contributed by atoms with E-state index in [4.69, 9.17) is 5.11 Å². The van der Waals surface area contributed by atoms with E-state index in [-0.39, 0.29) is 16.8 Å². The van der Waals surface area contributed by atoms with Gasteiger partial charge < -0.3 is 10.1 Å². The first-order valence-electron chi connectivity index (χ1n) is 4.80. The van der Waals surface area contributed by atoms with Crippen molar-refractivity contribution in [1.29, 1.82) is 0 Å². The predicted octanol–water partition coefficient (Wildman–Crippen LogP) is 2.08. The van der Waals surface area contributed by atoms with Crippen LogP contribution in [-0.4, -0.2) is 21.8 Å². The zero-order chi connectivity index (χ0) is 12.4. The molecule has 0 fully saturated rings. The molecule has 0 saturated heterocycles. The molecule has 1 aromatic heterocycles. The smallest absolute Gasteiger partial charge is 0.352 e. The monoisotopic (exact) mass is 233 g/mol. The molecule has 5 heteroatoms. The molecule has 0 spiro atoms. The van der Waals surface area contributed by atoms with Crippen molar-refractivity contribution < 1.29 is 19.1 Å². The van der Waals surface area contributed by atoms with Crippen LogP contribution in [0.15, 0.2) is 36.5 Å². The van der Waals surface area contributed by atoms with Crippen molar-refractivity contribution in [1.82, 2.24) is 4.98 Å². The number of carboxylic acids is 1. The van der Waals surface area contributed by atoms with E-state index in [1.165, 1.54) is 30.5 Å². The normalized spacial score (nSPS) is 10.2. The quantitative estimate of drug-likeness (QED) is 0.797. The summed E-state index contributed by atoms with van der Waals surface area (Å²) in [6.45, 7) is 0. The molecule has 0 saturated carbocycles. The number of aromatic amines is 1. The molecule has 0 amide bonds. The molecule has 17 heavy (non-hydrogen) atoms. The molecule has 0 unspecified atom stereocenters. The molecular formula is C12H8FNO3. The van der Waals surface area contributed by atoms with Crippen LogP contribution in [-0.2, 0) is 0 Å². The van der Waals surface area contributed by atoms with Gasteiger partial charge in [0, 0.05) is 11.8 Å². The third-order valence-electron chi connectivity index (χ3n) is 2.29. The topological polar surface area (TPSA) is 70.2 Å². The van der Waals surface area contributed by atoms with Crippen molar-refractivity contribution in [3.63, 3.8) is 0 Å². The van der Waals surface area contributed by atoms with E-state index in [0.717, 1.165) is 0 Å². The number of H-pyrrole nitrogens is 1. The van der Waals surface area contributed by atoms with Gasteiger partial charge in [0.1, 0.15) is 11.5 Å². The Morgan fingerprint density at radius 1 is 1.24 bits per heavy atom. The number of carbonyl (C=O) groups is 2. The van der Waals surface area contributed by atoms with E-state index < -0.39 is 17.6 Å². The van der Waals surface area contributed by atoms with Gasteiger partial charge in [0.05, 0.1) is 5.56 Å². The van der Waals surface area contributed by atoms with Crippen LogP contribution in [0.4, 0.5) is 4.39 Å². The van der Waals surface area contributed by atoms with Crippen molar-refractivity contribution in [3.8, 4) is 0 Å². The minimum Gasteiger partial charge on any atom is -0.477 e. The molecule has 2 N–H and O–H groups in total. The Kier molecular flexibility index (Phi) is 2.74. The Hall–Kier alpha value is -2.43. The Morgan fingerprint density at radius 2 is 1.94 bits per heavy atom. The summed E-state index contributed by atoms with van der Waals surface area (Å²) < 4.78 is 13.3. The van der Waals surface area contributed by atoms with E-state index >= 15 is 0 Å². The molecule has 0 aliphatic carbocycles. The average molecular weight is 233 g/mol. The molecule has 0 atom stereocenters. The SMILES string of the molecule is O=C(O)c1cc(C(=O)c2ccccc2F)c[nH]1. The standard InChI is InChI=1S/C12H8FNO3/c13-9-4-2-1-3-8(9)11(15)7-5-10(12(16)17)14-6-7/h1-6,14H,(H,16,17). The van der Waals surface area contributed by atoms with Crippen molar-refractivity contribution in [2.45, 2.75) is 0 Å². The molecule has 1 heterocycles. The fourth-order valence-electron chi connectivity index (χ4n) is 1.45. The molecule has 0 bridgehead atoms. The number of carbonyl (C=O) groups excluding carboxylic acids is 1. The number of halogens is 1. The number of carboxylic acid groups (broad SMARTS) is 1. The molecule has 86 valence electrons. The second-order valence-electron chi connectivity index (χ2n) is 3.42. The van der Waals surface area contributed by atoms with Crippen molar-refractivity contribution in [2.75, 3.05) is 0 Å². The van der Waals surface area contributed by atoms with Gasteiger partial charge in [-0.25, -0.2) is 9.18 Å². The largest absolute Gasteiger partial charge is 0.477 e. The number of aromatic carboxylic acids is 1. The molecule has 4 nitrogen and oxygen atoms in total. The fourth-order valence-corrected chi connectivity index (χ4v) is 1.45. The van der Waals surface area contributed by atoms with E-state index in [1.54, 1.807) is 6.07 Å². The van der Waals surface area contributed by atoms with E-state index in [9.17, 15) is 14.0 Å². The third kappa shape index (κ3) is 2.08. The number of hydrogen-bond donors (Lipinski definition) is 2. The summed E-state index contributed by atoms with van der Waals surface area (Å²) in [6, 6.07) is 6.73. The summed E-state index contributed by atoms with van der Waals surface area (Å²) in [5.41, 5.74) is -0.0689. The zero-order valence-corrected chi connectivity index (χ0v) is 8.61. The molecule has 0 radical (unpaired) electrons. The van der Waals surface area contributed by atoms with Gasteiger partial charge in [-0.1, -0.05) is 12.1 Å². The molecule has 1 aromatic carbocycles. The highest BCUT2D eigenvalue weighted by Crippen LogP contribution is 2.14. The van der Waals surface area contributed by atoms with Crippen LogP contribution in [0, 0.1) is 5.82 Å². The van der Waals surface area contributed by atoms with Gasteiger partial charge in [-0.15, -0.1) is 0 Å². The maximum absolute atomic E-state index is 13.3. The summed E-state index contributed by atoms with van der Waals surface area (Å²) in [7, 11) is 0. The first kappa shape index (κ1) is 11.1. The summed E-state index contributed by atoms with van der Waals surface area (Å²) in [4.78, 5) is 24.9. The predicted molar refractivity (Wildman–Crippen MR) is 57.6 cm³/mol. The van der Waals surface area contributed by atoms with Gasteiger partial charge in [0.2, 0.25) is 0 Å². The van der Waals surface area contributed by atoms with Gasteiger partial charge in [-0.2, -0.15) is 0 Å². The highest BCUT2D eigenvalue weighted by molar-refractivity contribution is 6.10. The van der Waals surface area contributed by atoms with Gasteiger partial charge in [-0.05, 0) is 18.2 Å². The molecular weight excluding hydrogens is 225 g/mol. The lowest BCUT2D eigenvalue weighted by Crippen LogP contribution is -2.02. The van der Waals surface area contributed by atoms with Gasteiger partial charge >= 0.3 is 5.97 Å². The Balaban J connectivity index is 2.37. The lowest BCUT2D eigenvalue weighted by molar-refractivity contribution is 0.0691. The number of aromatic nitrogens is 1. The van der Waals surface area contributed by atoms with Crippen LogP contribution < -0.4 is 0 Å². The van der Waals surface area contributed by atoms with E-state index in [2.05, 4.69) is 4.98 Å². The number of benzene rings is 1. The molecule has 0 aliphatic rings. The fraction of sp³-hybridized carbons (Fsp3) is 0. The third-order valence-corrected chi connectivity index (χ3v) is 2.29. The van der Waals surface area contributed by atoms with Crippen LogP contribution >= 0.6 is 0 Å². The zero-order valence-electron chi connectivity index (χ0n) is 8.61. The Labute approximate surface area is 95.7 Å². The molecule has 2 rings (SSSR count). The van der Waals surface area contributed by atoms with Gasteiger partial charge in [0.15, 0.2) is 5.78 Å². The summed E-state index contributed by atoms with van der Waals surface area (Å²) in [5, 5.41) is 8.69. The van der Waals surface area contributed by atoms with Crippen LogP contribution in [0.3, 0.4) is 0 Å². The van der Waals surface area contributed by atoms with Crippen molar-refractivity contribution in [2.24, 2.45) is 0 Å². The van der Waals surface area contributed by atoms with Crippen LogP contribution in [0.5, 0.6) is 0 Å². The van der Waals surface area contributed by atoms with Crippen molar-refractivity contribution in [3.05, 3.63) is 59.2 Å². The summed E-state index contributed by atoms with van der Waals surface area (Å²) in [6.07, 6.45) is 1.25. The van der Waals surface area contributed by atoms with Crippen molar-refractivity contribution >= 4 is 11.8 Å². The highest BCUT2D eigenvalue weighted by atomic mass is 19.1. The minimum atomic E-state index is -1.17. The first-order chi connectivity index (χ1) is 8.09. The first-order valence-corrected chi connectivity index (χ1v) is 4.80. The van der Waals surface area contributed by atoms with E-state index in [1.807, 2.05) is 0 Å². The molecule has 0 aliphatic heterocycles. The number of ketones is 1.